The van der Waals surface area contributed by atoms with Crippen LogP contribution in [-0.4, -0.2) is 48.0 Å². The van der Waals surface area contributed by atoms with E-state index in [0.29, 0.717) is 35.5 Å². The Labute approximate surface area is 233 Å². The average Bonchev–Trinajstić information content (AvgIpc) is 3.49. The molecule has 0 fully saturated rings. The molecule has 1 radical (unpaired) electrons. The number of hydrogen-bond donors (Lipinski definition) is 2. The number of benzene rings is 2. The van der Waals surface area contributed by atoms with Gasteiger partial charge in [0.25, 0.3) is 0 Å². The number of nitrogens with zero attached hydrogens (tertiary/aromatic N) is 4. The van der Waals surface area contributed by atoms with Gasteiger partial charge in [-0.15, -0.1) is 17.7 Å². The van der Waals surface area contributed by atoms with Crippen molar-refractivity contribution in [1.82, 2.24) is 24.1 Å². The third-order valence-electron chi connectivity index (χ3n) is 5.18. The van der Waals surface area contributed by atoms with E-state index >= 15 is 0 Å². The van der Waals surface area contributed by atoms with Gasteiger partial charge < -0.3 is 14.5 Å². The number of aromatic nitrogens is 4. The van der Waals surface area contributed by atoms with E-state index in [1.54, 1.807) is 72.6 Å². The summed E-state index contributed by atoms with van der Waals surface area (Å²) in [4.78, 5) is 13.7. The number of ether oxygens (including phenoxy) is 1. The molecule has 0 amide bonds. The Kier molecular flexibility index (Phi) is 8.15. The smallest absolute Gasteiger partial charge is 0.306 e. The van der Waals surface area contributed by atoms with Crippen molar-refractivity contribution in [2.45, 2.75) is 4.90 Å². The summed E-state index contributed by atoms with van der Waals surface area (Å²) in [6.45, 7) is 0.455. The first-order valence-corrected chi connectivity index (χ1v) is 12.2. The zero-order valence-electron chi connectivity index (χ0n) is 19.2. The Hall–Kier alpha value is -3.12. The molecule has 5 rings (SSSR count). The van der Waals surface area contributed by atoms with Crippen molar-refractivity contribution in [3.8, 4) is 28.4 Å². The standard InChI is InChI=1S/C24H21N6O4S.Y/c1-33-18-7-5-6-17(16-18)21-22(30-14-15-34-24(30)29-21)20-10-11-25-23(28-20)26-12-13-27-35(31,32)19-8-3-2-4-9-19;/h2-6,8-11,14-16,27H,12-13H2,1H3,(H,25,26,28);/q-1;. The fourth-order valence-corrected chi connectivity index (χ4v) is 4.61. The number of anilines is 1. The molecule has 0 atom stereocenters. The Morgan fingerprint density at radius 1 is 1.11 bits per heavy atom. The second-order valence-electron chi connectivity index (χ2n) is 7.41. The van der Waals surface area contributed by atoms with Gasteiger partial charge >= 0.3 is 5.84 Å². The number of imidazole rings is 1. The normalized spacial score (nSPS) is 11.2. The molecule has 0 unspecified atom stereocenters. The molecule has 181 valence electrons. The van der Waals surface area contributed by atoms with E-state index in [4.69, 9.17) is 9.15 Å². The van der Waals surface area contributed by atoms with Gasteiger partial charge in [0, 0.05) is 63.9 Å². The van der Waals surface area contributed by atoms with E-state index in [2.05, 4.69) is 31.1 Å². The van der Waals surface area contributed by atoms with Gasteiger partial charge in [-0.25, -0.2) is 23.1 Å². The molecular weight excluding hydrogens is 557 g/mol. The van der Waals surface area contributed by atoms with Gasteiger partial charge in [0.05, 0.1) is 23.4 Å². The van der Waals surface area contributed by atoms with Crippen LogP contribution in [0.1, 0.15) is 0 Å². The van der Waals surface area contributed by atoms with Crippen LogP contribution in [0.15, 0.2) is 82.6 Å². The summed E-state index contributed by atoms with van der Waals surface area (Å²) in [6, 6.07) is 18.5. The molecule has 2 aromatic carbocycles. The molecule has 36 heavy (non-hydrogen) atoms. The van der Waals surface area contributed by atoms with E-state index in [9.17, 15) is 8.42 Å². The number of hydrogen-bond acceptors (Lipinski definition) is 8. The first kappa shape index (κ1) is 26.0. The summed E-state index contributed by atoms with van der Waals surface area (Å²) >= 11 is 0. The van der Waals surface area contributed by atoms with Crippen molar-refractivity contribution in [3.05, 3.63) is 79.3 Å². The predicted molar refractivity (Wildman–Crippen MR) is 129 cm³/mol. The summed E-state index contributed by atoms with van der Waals surface area (Å²) in [5.41, 5.74) is 2.81. The molecule has 0 bridgehead atoms. The minimum Gasteiger partial charge on any atom is -0.523 e. The van der Waals surface area contributed by atoms with Crippen molar-refractivity contribution in [2.24, 2.45) is 0 Å². The van der Waals surface area contributed by atoms with Gasteiger partial charge in [0.15, 0.2) is 0 Å². The van der Waals surface area contributed by atoms with Gasteiger partial charge in [-0.3, -0.25) is 4.40 Å². The largest absolute Gasteiger partial charge is 0.523 e. The van der Waals surface area contributed by atoms with Gasteiger partial charge in [-0.2, -0.15) is 17.1 Å². The minimum atomic E-state index is -3.58. The molecule has 0 aliphatic heterocycles. The van der Waals surface area contributed by atoms with Crippen LogP contribution in [0.25, 0.3) is 28.5 Å². The first-order valence-electron chi connectivity index (χ1n) is 10.7. The van der Waals surface area contributed by atoms with Crippen LogP contribution in [0, 0.1) is 6.07 Å². The van der Waals surface area contributed by atoms with Crippen LogP contribution in [-0.2, 0) is 42.7 Å². The van der Waals surface area contributed by atoms with Crippen molar-refractivity contribution < 1.29 is 50.3 Å². The molecule has 3 aromatic heterocycles. The van der Waals surface area contributed by atoms with Crippen LogP contribution in [0.4, 0.5) is 5.95 Å². The monoisotopic (exact) mass is 578 g/mol. The second-order valence-corrected chi connectivity index (χ2v) is 9.18. The van der Waals surface area contributed by atoms with Crippen molar-refractivity contribution >= 4 is 21.8 Å². The third-order valence-corrected chi connectivity index (χ3v) is 6.66. The summed E-state index contributed by atoms with van der Waals surface area (Å²) < 4.78 is 39.9. The molecule has 10 nitrogen and oxygen atoms in total. The molecule has 5 aromatic rings. The number of sulfonamides is 1. The number of methoxy groups -OCH3 is 1. The van der Waals surface area contributed by atoms with Crippen LogP contribution < -0.4 is 14.8 Å². The molecule has 0 saturated heterocycles. The van der Waals surface area contributed by atoms with Crippen LogP contribution >= 0.6 is 0 Å². The zero-order valence-corrected chi connectivity index (χ0v) is 22.9. The molecule has 0 spiro atoms. The van der Waals surface area contributed by atoms with E-state index < -0.39 is 10.0 Å². The summed E-state index contributed by atoms with van der Waals surface area (Å²) in [7, 11) is -2.00. The van der Waals surface area contributed by atoms with Crippen LogP contribution in [0.2, 0.25) is 0 Å². The molecule has 3 heterocycles. The number of oxazole rings is 1. The fourth-order valence-electron chi connectivity index (χ4n) is 3.56. The summed E-state index contributed by atoms with van der Waals surface area (Å²) in [5, 5.41) is 3.06. The number of rotatable bonds is 9. The maximum Gasteiger partial charge on any atom is 0.306 e. The molecule has 0 aliphatic rings. The SMILES string of the molecule is COc1[c-]ccc(-c2nc3occn3c2-c2ccnc(NCCNS(=O)(=O)c3ccccc3)n2)c1.[Y]. The molecular formula is C24H21N6O4SY-. The third kappa shape index (κ3) is 5.49. The Balaban J connectivity index is 0.00000304. The number of fused-ring (bicyclic) bond motifs is 1. The second kappa shape index (κ2) is 11.3. The van der Waals surface area contributed by atoms with Crippen molar-refractivity contribution in [3.63, 3.8) is 0 Å². The summed E-state index contributed by atoms with van der Waals surface area (Å²) in [6.07, 6.45) is 4.94. The molecule has 2 N–H and O–H groups in total. The average molecular weight is 578 g/mol. The van der Waals surface area contributed by atoms with E-state index in [1.165, 1.54) is 0 Å². The number of nitrogens with one attached hydrogen (secondary N) is 2. The van der Waals surface area contributed by atoms with Gasteiger partial charge in [-0.05, 0) is 18.2 Å². The Morgan fingerprint density at radius 3 is 2.75 bits per heavy atom. The maximum atomic E-state index is 12.4. The van der Waals surface area contributed by atoms with E-state index in [0.717, 1.165) is 11.3 Å². The van der Waals surface area contributed by atoms with Crippen molar-refractivity contribution in [2.75, 3.05) is 25.5 Å². The fraction of sp³-hybridized carbons (Fsp3) is 0.125. The Morgan fingerprint density at radius 2 is 1.94 bits per heavy atom. The van der Waals surface area contributed by atoms with Gasteiger partial charge in [0.1, 0.15) is 12.0 Å². The van der Waals surface area contributed by atoms with E-state index in [-0.39, 0.29) is 44.1 Å². The predicted octanol–water partition coefficient (Wildman–Crippen LogP) is 3.25. The molecule has 0 aliphatic carbocycles. The maximum absolute atomic E-state index is 12.4. The summed E-state index contributed by atoms with van der Waals surface area (Å²) in [5.74, 6) is 1.36. The molecule has 0 saturated carbocycles. The van der Waals surface area contributed by atoms with Gasteiger partial charge in [0.2, 0.25) is 16.0 Å². The zero-order chi connectivity index (χ0) is 24.3. The van der Waals surface area contributed by atoms with Gasteiger partial charge in [-0.1, -0.05) is 18.2 Å². The molecule has 12 heteroatoms. The van der Waals surface area contributed by atoms with Crippen LogP contribution in [0.3, 0.4) is 0 Å². The quantitative estimate of drug-likeness (QED) is 0.202. The Bertz CT molecular complexity index is 1570. The first-order chi connectivity index (χ1) is 17.0. The van der Waals surface area contributed by atoms with Crippen molar-refractivity contribution in [1.29, 1.82) is 0 Å². The van der Waals surface area contributed by atoms with Crippen LogP contribution in [0.5, 0.6) is 5.75 Å². The van der Waals surface area contributed by atoms with E-state index in [1.807, 2.05) is 12.1 Å². The minimum absolute atomic E-state index is 0. The topological polar surface area (TPSA) is 124 Å².